The lowest BCUT2D eigenvalue weighted by molar-refractivity contribution is -0.139. The standard InChI is InChI=1S/C21H27NO7/c1-7-28-20(23)14-11-22(3)12-15(21(24)29-8-2)19(14)13-9-17(26-5)18(27-6)10-16(13)25-4/h9-12,19H,7-8H2,1-6H3. The minimum absolute atomic E-state index is 0.203. The number of hydrogen-bond donors (Lipinski definition) is 0. The Morgan fingerprint density at radius 3 is 1.69 bits per heavy atom. The normalized spacial score (nSPS) is 13.9. The third-order valence-electron chi connectivity index (χ3n) is 4.38. The molecule has 0 unspecified atom stereocenters. The molecule has 0 aliphatic carbocycles. The van der Waals surface area contributed by atoms with E-state index in [4.69, 9.17) is 23.7 Å². The quantitative estimate of drug-likeness (QED) is 0.611. The monoisotopic (exact) mass is 405 g/mol. The molecule has 0 bridgehead atoms. The molecule has 1 aliphatic heterocycles. The van der Waals surface area contributed by atoms with E-state index in [1.807, 2.05) is 0 Å². The zero-order chi connectivity index (χ0) is 21.6. The summed E-state index contributed by atoms with van der Waals surface area (Å²) in [6, 6.07) is 3.34. The van der Waals surface area contributed by atoms with Gasteiger partial charge in [-0.05, 0) is 19.9 Å². The predicted molar refractivity (Wildman–Crippen MR) is 106 cm³/mol. The van der Waals surface area contributed by atoms with Crippen molar-refractivity contribution in [3.63, 3.8) is 0 Å². The number of benzene rings is 1. The van der Waals surface area contributed by atoms with E-state index in [0.717, 1.165) is 0 Å². The number of hydrogen-bond acceptors (Lipinski definition) is 8. The molecule has 1 aromatic rings. The molecule has 0 radical (unpaired) electrons. The summed E-state index contributed by atoms with van der Waals surface area (Å²) in [5.74, 6) is -0.494. The molecule has 29 heavy (non-hydrogen) atoms. The van der Waals surface area contributed by atoms with Gasteiger partial charge in [-0.2, -0.15) is 0 Å². The fraction of sp³-hybridized carbons (Fsp3) is 0.429. The minimum atomic E-state index is -0.765. The summed E-state index contributed by atoms with van der Waals surface area (Å²) >= 11 is 0. The molecule has 158 valence electrons. The van der Waals surface area contributed by atoms with Crippen LogP contribution in [0.3, 0.4) is 0 Å². The largest absolute Gasteiger partial charge is 0.496 e. The molecule has 0 N–H and O–H groups in total. The van der Waals surface area contributed by atoms with E-state index in [1.165, 1.54) is 21.3 Å². The molecule has 0 spiro atoms. The van der Waals surface area contributed by atoms with Crippen LogP contribution >= 0.6 is 0 Å². The van der Waals surface area contributed by atoms with Gasteiger partial charge in [-0.15, -0.1) is 0 Å². The summed E-state index contributed by atoms with van der Waals surface area (Å²) in [7, 11) is 6.25. The summed E-state index contributed by atoms with van der Waals surface area (Å²) in [6.45, 7) is 3.85. The van der Waals surface area contributed by atoms with E-state index >= 15 is 0 Å². The highest BCUT2D eigenvalue weighted by Gasteiger charge is 2.37. The van der Waals surface area contributed by atoms with Gasteiger partial charge in [0.25, 0.3) is 0 Å². The molecule has 8 nitrogen and oxygen atoms in total. The lowest BCUT2D eigenvalue weighted by atomic mass is 9.82. The average Bonchev–Trinajstić information content (AvgIpc) is 2.72. The van der Waals surface area contributed by atoms with Gasteiger partial charge in [-0.1, -0.05) is 0 Å². The van der Waals surface area contributed by atoms with Crippen LogP contribution in [0.5, 0.6) is 17.2 Å². The molecule has 1 aliphatic rings. The van der Waals surface area contributed by atoms with Crippen molar-refractivity contribution in [2.75, 3.05) is 41.6 Å². The number of nitrogens with zero attached hydrogens (tertiary/aromatic N) is 1. The highest BCUT2D eigenvalue weighted by atomic mass is 16.5. The predicted octanol–water partition coefficient (Wildman–Crippen LogP) is 2.64. The molecule has 0 saturated carbocycles. The molecular formula is C21H27NO7. The van der Waals surface area contributed by atoms with Crippen molar-refractivity contribution in [3.05, 3.63) is 41.2 Å². The Labute approximate surface area is 170 Å². The van der Waals surface area contributed by atoms with Crippen LogP contribution < -0.4 is 14.2 Å². The topological polar surface area (TPSA) is 83.5 Å². The SMILES string of the molecule is CCOC(=O)C1=CN(C)C=C(C(=O)OCC)C1c1cc(OC)c(OC)cc1OC. The lowest BCUT2D eigenvalue weighted by Crippen LogP contribution is -2.28. The molecule has 8 heteroatoms. The molecule has 0 atom stereocenters. The number of esters is 2. The second-order valence-electron chi connectivity index (χ2n) is 6.16. The van der Waals surface area contributed by atoms with Gasteiger partial charge in [0.2, 0.25) is 0 Å². The number of ether oxygens (including phenoxy) is 5. The number of rotatable bonds is 8. The van der Waals surface area contributed by atoms with Crippen LogP contribution in [-0.4, -0.2) is 58.4 Å². The number of methoxy groups -OCH3 is 3. The van der Waals surface area contributed by atoms with Gasteiger partial charge >= 0.3 is 11.9 Å². The van der Waals surface area contributed by atoms with E-state index in [-0.39, 0.29) is 24.4 Å². The van der Waals surface area contributed by atoms with Gasteiger partial charge < -0.3 is 28.6 Å². The first-order valence-electron chi connectivity index (χ1n) is 9.21. The van der Waals surface area contributed by atoms with E-state index < -0.39 is 17.9 Å². The fourth-order valence-electron chi connectivity index (χ4n) is 3.18. The zero-order valence-electron chi connectivity index (χ0n) is 17.6. The zero-order valence-corrected chi connectivity index (χ0v) is 17.6. The third-order valence-corrected chi connectivity index (χ3v) is 4.38. The summed E-state index contributed by atoms with van der Waals surface area (Å²) in [5, 5.41) is 0. The second kappa shape index (κ2) is 9.86. The molecule has 0 aromatic heterocycles. The average molecular weight is 405 g/mol. The van der Waals surface area contributed by atoms with Gasteiger partial charge in [0.1, 0.15) is 5.75 Å². The minimum Gasteiger partial charge on any atom is -0.496 e. The van der Waals surface area contributed by atoms with Gasteiger partial charge in [0.15, 0.2) is 11.5 Å². The van der Waals surface area contributed by atoms with Crippen LogP contribution in [0.1, 0.15) is 25.3 Å². The molecular weight excluding hydrogens is 378 g/mol. The van der Waals surface area contributed by atoms with Crippen LogP contribution in [0.15, 0.2) is 35.7 Å². The lowest BCUT2D eigenvalue weighted by Gasteiger charge is -2.29. The molecule has 0 saturated heterocycles. The summed E-state index contributed by atoms with van der Waals surface area (Å²) in [4.78, 5) is 27.1. The van der Waals surface area contributed by atoms with Gasteiger partial charge in [0.05, 0.1) is 51.6 Å². The highest BCUT2D eigenvalue weighted by molar-refractivity contribution is 5.99. The second-order valence-corrected chi connectivity index (χ2v) is 6.16. The Kier molecular flexibility index (Phi) is 7.52. The van der Waals surface area contributed by atoms with Crippen molar-refractivity contribution in [2.45, 2.75) is 19.8 Å². The van der Waals surface area contributed by atoms with Crippen molar-refractivity contribution >= 4 is 11.9 Å². The molecule has 0 fully saturated rings. The van der Waals surface area contributed by atoms with Crippen LogP contribution in [0.4, 0.5) is 0 Å². The number of carbonyl (C=O) groups excluding carboxylic acids is 2. The summed E-state index contributed by atoms with van der Waals surface area (Å²) in [6.07, 6.45) is 3.25. The third kappa shape index (κ3) is 4.64. The Bertz CT molecular complexity index is 793. The smallest absolute Gasteiger partial charge is 0.336 e. The Morgan fingerprint density at radius 2 is 1.28 bits per heavy atom. The van der Waals surface area contributed by atoms with Crippen molar-refractivity contribution in [1.29, 1.82) is 0 Å². The molecule has 1 aromatic carbocycles. The van der Waals surface area contributed by atoms with Crippen LogP contribution in [0.25, 0.3) is 0 Å². The van der Waals surface area contributed by atoms with Crippen molar-refractivity contribution in [3.8, 4) is 17.2 Å². The Hall–Kier alpha value is -3.16. The molecule has 1 heterocycles. The molecule has 2 rings (SSSR count). The summed E-state index contributed by atoms with van der Waals surface area (Å²) < 4.78 is 26.8. The highest BCUT2D eigenvalue weighted by Crippen LogP contribution is 2.45. The van der Waals surface area contributed by atoms with Crippen molar-refractivity contribution in [1.82, 2.24) is 4.90 Å². The van der Waals surface area contributed by atoms with E-state index in [0.29, 0.717) is 22.8 Å². The van der Waals surface area contributed by atoms with Crippen LogP contribution in [-0.2, 0) is 19.1 Å². The van der Waals surface area contributed by atoms with Gasteiger partial charge in [0, 0.05) is 31.1 Å². The maximum atomic E-state index is 12.7. The maximum absolute atomic E-state index is 12.7. The van der Waals surface area contributed by atoms with Crippen molar-refractivity contribution < 1.29 is 33.3 Å². The van der Waals surface area contributed by atoms with Crippen LogP contribution in [0.2, 0.25) is 0 Å². The van der Waals surface area contributed by atoms with Gasteiger partial charge in [-0.3, -0.25) is 0 Å². The summed E-state index contributed by atoms with van der Waals surface area (Å²) in [5.41, 5.74) is 1.12. The van der Waals surface area contributed by atoms with E-state index in [1.54, 1.807) is 50.3 Å². The number of carbonyl (C=O) groups is 2. The first-order valence-corrected chi connectivity index (χ1v) is 9.21. The van der Waals surface area contributed by atoms with E-state index in [9.17, 15) is 9.59 Å². The first-order chi connectivity index (χ1) is 13.9. The Morgan fingerprint density at radius 1 is 0.828 bits per heavy atom. The van der Waals surface area contributed by atoms with Crippen LogP contribution in [0, 0.1) is 0 Å². The first kappa shape index (κ1) is 22.1. The van der Waals surface area contributed by atoms with Crippen molar-refractivity contribution in [2.24, 2.45) is 0 Å². The Balaban J connectivity index is 2.72. The van der Waals surface area contributed by atoms with Gasteiger partial charge in [-0.25, -0.2) is 9.59 Å². The fourth-order valence-corrected chi connectivity index (χ4v) is 3.18. The van der Waals surface area contributed by atoms with E-state index in [2.05, 4.69) is 0 Å². The maximum Gasteiger partial charge on any atom is 0.336 e. The molecule has 0 amide bonds.